The summed E-state index contributed by atoms with van der Waals surface area (Å²) in [5.74, 6) is -0.119. The maximum absolute atomic E-state index is 13.2. The number of esters is 1. The Bertz CT molecular complexity index is 1870. The molecule has 0 bridgehead atoms. The molecular weight excluding hydrogens is 633 g/mol. The minimum atomic E-state index is -0.629. The number of halogens is 1. The lowest BCUT2D eigenvalue weighted by Gasteiger charge is -2.30. The summed E-state index contributed by atoms with van der Waals surface area (Å²) in [7, 11) is 0. The molecule has 3 aromatic carbocycles. The van der Waals surface area contributed by atoms with Crippen LogP contribution in [0.15, 0.2) is 95.2 Å². The number of rotatable bonds is 12. The van der Waals surface area contributed by atoms with E-state index < -0.39 is 17.9 Å². The Balaban J connectivity index is 1.20. The third-order valence-electron chi connectivity index (χ3n) is 7.63. The number of hydrogen-bond acceptors (Lipinski definition) is 7. The van der Waals surface area contributed by atoms with Crippen molar-refractivity contribution in [1.82, 2.24) is 20.6 Å². The molecule has 48 heavy (non-hydrogen) atoms. The van der Waals surface area contributed by atoms with Gasteiger partial charge in [-0.2, -0.15) is 5.10 Å². The third kappa shape index (κ3) is 8.07. The molecule has 1 aliphatic heterocycles. The first-order valence-electron chi connectivity index (χ1n) is 15.3. The highest BCUT2D eigenvalue weighted by molar-refractivity contribution is 7.80. The van der Waals surface area contributed by atoms with Gasteiger partial charge in [-0.1, -0.05) is 30.3 Å². The van der Waals surface area contributed by atoms with Crippen LogP contribution in [-0.4, -0.2) is 41.0 Å². The van der Waals surface area contributed by atoms with Crippen molar-refractivity contribution >= 4 is 35.4 Å². The van der Waals surface area contributed by atoms with Gasteiger partial charge >= 0.3 is 5.97 Å². The monoisotopic (exact) mass is 669 g/mol. The van der Waals surface area contributed by atoms with Gasteiger partial charge in [-0.05, 0) is 94.0 Å². The Hall–Kier alpha value is -5.49. The number of amides is 1. The summed E-state index contributed by atoms with van der Waals surface area (Å²) in [5.41, 5.74) is 8.66. The normalized spacial score (nSPS) is 14.4. The number of carbonyl (C=O) groups excluding carboxylic acids is 2. The fourth-order valence-corrected chi connectivity index (χ4v) is 5.63. The molecule has 0 aliphatic carbocycles. The number of carbonyl (C=O) groups is 2. The number of aromatic nitrogens is 1. The average molecular weight is 670 g/mol. The summed E-state index contributed by atoms with van der Waals surface area (Å²) in [6.45, 7) is 7.70. The molecule has 0 radical (unpaired) electrons. The number of allylic oxidation sites excluding steroid dienone is 1. The van der Waals surface area contributed by atoms with E-state index in [1.54, 1.807) is 50.4 Å². The summed E-state index contributed by atoms with van der Waals surface area (Å²) >= 11 is 5.34. The van der Waals surface area contributed by atoms with Gasteiger partial charge in [0.25, 0.3) is 5.91 Å². The summed E-state index contributed by atoms with van der Waals surface area (Å²) in [4.78, 5) is 25.5. The molecule has 1 amide bonds. The molecule has 10 nitrogen and oxygen atoms in total. The second kappa shape index (κ2) is 15.4. The van der Waals surface area contributed by atoms with Crippen LogP contribution >= 0.6 is 12.2 Å². The number of thiocarbonyl (C=S) groups is 1. The smallest absolute Gasteiger partial charge is 0.338 e. The highest BCUT2D eigenvalue weighted by Gasteiger charge is 2.32. The predicted octanol–water partition coefficient (Wildman–Crippen LogP) is 5.70. The van der Waals surface area contributed by atoms with Crippen molar-refractivity contribution in [3.63, 3.8) is 0 Å². The van der Waals surface area contributed by atoms with Crippen LogP contribution in [0.4, 0.5) is 4.39 Å². The molecule has 0 saturated heterocycles. The van der Waals surface area contributed by atoms with E-state index in [0.29, 0.717) is 40.1 Å². The van der Waals surface area contributed by atoms with Crippen molar-refractivity contribution in [2.24, 2.45) is 5.10 Å². The molecule has 1 aliphatic rings. The molecule has 2 heterocycles. The Kier molecular flexibility index (Phi) is 10.9. The summed E-state index contributed by atoms with van der Waals surface area (Å²) in [6.07, 6.45) is 1.59. The molecule has 248 valence electrons. The molecule has 1 aromatic heterocycles. The molecular formula is C36H36FN5O5S. The van der Waals surface area contributed by atoms with Gasteiger partial charge in [0.15, 0.2) is 11.7 Å². The first-order valence-corrected chi connectivity index (χ1v) is 15.7. The highest BCUT2D eigenvalue weighted by atomic mass is 32.1. The summed E-state index contributed by atoms with van der Waals surface area (Å²) in [6, 6.07) is 22.3. The quantitative estimate of drug-likeness (QED) is 0.0763. The SMILES string of the molecule is CCOC(=O)C1=C(C)NC(=S)N[C@H]1c1ccccc1OCC(=O)NN=Cc1cc(C)n(-c2ccc(OCc3ccc(F)cc3)cc2)c1C. The van der Waals surface area contributed by atoms with Crippen molar-refractivity contribution in [3.8, 4) is 17.2 Å². The number of nitrogens with one attached hydrogen (secondary N) is 3. The molecule has 5 rings (SSSR count). The van der Waals surface area contributed by atoms with Crippen molar-refractivity contribution in [2.75, 3.05) is 13.2 Å². The standard InChI is InChI=1S/C36H36FN5O5S/c1-5-45-35(44)33-23(3)39-36(48)40-34(33)30-8-6-7-9-31(30)47-21-32(43)41-38-19-26-18-22(2)42(24(26)4)28-14-16-29(17-15-28)46-20-25-10-12-27(37)13-11-25/h6-19,34H,5,20-21H2,1-4H3,(H,41,43)(H2,39,40,48)/t34-/m0/s1. The van der Waals surface area contributed by atoms with Gasteiger partial charge in [-0.15, -0.1) is 0 Å². The van der Waals surface area contributed by atoms with Gasteiger partial charge in [-0.3, -0.25) is 4.79 Å². The van der Waals surface area contributed by atoms with Crippen LogP contribution < -0.4 is 25.5 Å². The number of para-hydroxylation sites is 1. The minimum absolute atomic E-state index is 0.221. The predicted molar refractivity (Wildman–Crippen MR) is 185 cm³/mol. The van der Waals surface area contributed by atoms with Crippen LogP contribution in [0.5, 0.6) is 11.5 Å². The van der Waals surface area contributed by atoms with Gasteiger partial charge in [0.05, 0.1) is 24.4 Å². The Morgan fingerprint density at radius 1 is 1.02 bits per heavy atom. The van der Waals surface area contributed by atoms with Crippen molar-refractivity contribution in [3.05, 3.63) is 124 Å². The van der Waals surface area contributed by atoms with Crippen LogP contribution in [-0.2, 0) is 20.9 Å². The van der Waals surface area contributed by atoms with Gasteiger partial charge in [0, 0.05) is 33.9 Å². The van der Waals surface area contributed by atoms with E-state index in [0.717, 1.165) is 28.2 Å². The maximum atomic E-state index is 13.2. The lowest BCUT2D eigenvalue weighted by atomic mass is 9.95. The highest BCUT2D eigenvalue weighted by Crippen LogP contribution is 2.33. The van der Waals surface area contributed by atoms with Crippen LogP contribution in [0.25, 0.3) is 5.69 Å². The Labute approximate surface area is 283 Å². The molecule has 4 aromatic rings. The minimum Gasteiger partial charge on any atom is -0.489 e. The van der Waals surface area contributed by atoms with Gasteiger partial charge < -0.3 is 29.4 Å². The van der Waals surface area contributed by atoms with E-state index >= 15 is 0 Å². The lowest BCUT2D eigenvalue weighted by Crippen LogP contribution is -2.45. The van der Waals surface area contributed by atoms with E-state index in [9.17, 15) is 14.0 Å². The van der Waals surface area contributed by atoms with Crippen molar-refractivity contribution in [1.29, 1.82) is 0 Å². The van der Waals surface area contributed by atoms with Crippen LogP contribution in [0.2, 0.25) is 0 Å². The number of hydrogen-bond donors (Lipinski definition) is 3. The Morgan fingerprint density at radius 2 is 1.75 bits per heavy atom. The number of benzene rings is 3. The van der Waals surface area contributed by atoms with Crippen LogP contribution in [0.3, 0.4) is 0 Å². The first kappa shape index (κ1) is 33.9. The fourth-order valence-electron chi connectivity index (χ4n) is 5.36. The molecule has 12 heteroatoms. The second-order valence-electron chi connectivity index (χ2n) is 11.0. The average Bonchev–Trinajstić information content (AvgIpc) is 3.35. The topological polar surface area (TPSA) is 115 Å². The van der Waals surface area contributed by atoms with E-state index in [4.69, 9.17) is 26.4 Å². The van der Waals surface area contributed by atoms with E-state index in [1.807, 2.05) is 50.2 Å². The van der Waals surface area contributed by atoms with Crippen molar-refractivity contribution in [2.45, 2.75) is 40.3 Å². The number of ether oxygens (including phenoxy) is 3. The second-order valence-corrected chi connectivity index (χ2v) is 11.4. The number of nitrogens with zero attached hydrogens (tertiary/aromatic N) is 2. The third-order valence-corrected chi connectivity index (χ3v) is 7.85. The molecule has 3 N–H and O–H groups in total. The van der Waals surface area contributed by atoms with Gasteiger partial charge in [-0.25, -0.2) is 14.6 Å². The fraction of sp³-hybridized carbons (Fsp3) is 0.222. The van der Waals surface area contributed by atoms with Gasteiger partial charge in [0.1, 0.15) is 23.9 Å². The molecule has 0 unspecified atom stereocenters. The summed E-state index contributed by atoms with van der Waals surface area (Å²) in [5, 5.41) is 10.6. The van der Waals surface area contributed by atoms with E-state index in [2.05, 4.69) is 25.7 Å². The largest absolute Gasteiger partial charge is 0.489 e. The van der Waals surface area contributed by atoms with Gasteiger partial charge in [0.2, 0.25) is 0 Å². The van der Waals surface area contributed by atoms with Crippen LogP contribution in [0, 0.1) is 19.7 Å². The number of aryl methyl sites for hydroxylation is 1. The molecule has 1 atom stereocenters. The zero-order chi connectivity index (χ0) is 34.2. The first-order chi connectivity index (χ1) is 23.1. The number of hydrazone groups is 1. The summed E-state index contributed by atoms with van der Waals surface area (Å²) < 4.78 is 32.2. The van der Waals surface area contributed by atoms with Crippen LogP contribution in [0.1, 0.15) is 48.0 Å². The maximum Gasteiger partial charge on any atom is 0.338 e. The Morgan fingerprint density at radius 3 is 2.48 bits per heavy atom. The van der Waals surface area contributed by atoms with E-state index in [-0.39, 0.29) is 19.0 Å². The molecule has 0 saturated carbocycles. The lowest BCUT2D eigenvalue weighted by molar-refractivity contribution is -0.139. The zero-order valence-electron chi connectivity index (χ0n) is 27.0. The van der Waals surface area contributed by atoms with Crippen molar-refractivity contribution < 1.29 is 28.2 Å². The zero-order valence-corrected chi connectivity index (χ0v) is 27.8. The van der Waals surface area contributed by atoms with E-state index in [1.165, 1.54) is 12.1 Å². The molecule has 0 fully saturated rings. The molecule has 0 spiro atoms.